The Kier molecular flexibility index (Phi) is 13.4. The van der Waals surface area contributed by atoms with Crippen LogP contribution >= 0.6 is 0 Å². The third kappa shape index (κ3) is 10.0. The predicted molar refractivity (Wildman–Crippen MR) is 168 cm³/mol. The summed E-state index contributed by atoms with van der Waals surface area (Å²) in [5.41, 5.74) is 2.21. The normalized spacial score (nSPS) is 19.9. The molecule has 1 N–H and O–H groups in total. The monoisotopic (exact) mass is 634 g/mol. The highest BCUT2D eigenvalue weighted by atomic mass is 16.7. The number of aromatic nitrogens is 1. The molecule has 2 heterocycles. The van der Waals surface area contributed by atoms with Crippen molar-refractivity contribution < 1.29 is 42.8 Å². The quantitative estimate of drug-likeness (QED) is 0.204. The summed E-state index contributed by atoms with van der Waals surface area (Å²) in [7, 11) is 1.40. The molecule has 46 heavy (non-hydrogen) atoms. The fourth-order valence-electron chi connectivity index (χ4n) is 5.44. The molecule has 1 aromatic heterocycles. The standard InChI is InChI=1S/C35H42N2O9/c1-4-42-22-31(38)44-23-45-33-30(41-3)17-18-36-32(33)34(39)37-29-21-43-20-27(19-26-13-9-6-10-14-26)28(24(2)46-35(29)40)16-15-25-11-7-5-8-12-25/h5-14,17-18,24,27-29H,4,15-16,19-23H2,1-3H3,(H,37,39)/t24-,27-,28-,29-/m0/s1. The molecule has 2 aromatic carbocycles. The van der Waals surface area contributed by atoms with Crippen molar-refractivity contribution in [2.45, 2.75) is 45.3 Å². The maximum atomic E-state index is 13.5. The molecule has 11 nitrogen and oxygen atoms in total. The van der Waals surface area contributed by atoms with Crippen LogP contribution in [0.15, 0.2) is 72.9 Å². The van der Waals surface area contributed by atoms with E-state index in [0.717, 1.165) is 19.3 Å². The van der Waals surface area contributed by atoms with Crippen LogP contribution in [-0.4, -0.2) is 75.3 Å². The van der Waals surface area contributed by atoms with Gasteiger partial charge in [-0.3, -0.25) is 4.79 Å². The summed E-state index contributed by atoms with van der Waals surface area (Å²) in [5.74, 6) is -1.76. The van der Waals surface area contributed by atoms with Gasteiger partial charge in [-0.05, 0) is 50.2 Å². The summed E-state index contributed by atoms with van der Waals surface area (Å²) in [6.45, 7) is 3.54. The van der Waals surface area contributed by atoms with Crippen LogP contribution in [0.25, 0.3) is 0 Å². The van der Waals surface area contributed by atoms with E-state index in [9.17, 15) is 14.4 Å². The molecule has 246 valence electrons. The predicted octanol–water partition coefficient (Wildman–Crippen LogP) is 4.17. The van der Waals surface area contributed by atoms with Crippen molar-refractivity contribution in [2.75, 3.05) is 40.3 Å². The van der Waals surface area contributed by atoms with Gasteiger partial charge in [-0.15, -0.1) is 0 Å². The first-order valence-electron chi connectivity index (χ1n) is 15.5. The van der Waals surface area contributed by atoms with Crippen molar-refractivity contribution in [3.8, 4) is 11.5 Å². The zero-order valence-electron chi connectivity index (χ0n) is 26.5. The minimum atomic E-state index is -1.11. The number of ether oxygens (including phenoxy) is 6. The number of aryl methyl sites for hydroxylation is 1. The van der Waals surface area contributed by atoms with E-state index in [1.165, 1.54) is 30.5 Å². The van der Waals surface area contributed by atoms with Crippen molar-refractivity contribution in [3.05, 3.63) is 89.7 Å². The van der Waals surface area contributed by atoms with Crippen LogP contribution < -0.4 is 14.8 Å². The minimum Gasteiger partial charge on any atom is -0.493 e. The van der Waals surface area contributed by atoms with E-state index >= 15 is 0 Å². The van der Waals surface area contributed by atoms with Gasteiger partial charge in [0.05, 0.1) is 20.3 Å². The molecule has 0 spiro atoms. The fraction of sp³-hybridized carbons (Fsp3) is 0.429. The summed E-state index contributed by atoms with van der Waals surface area (Å²) in [5, 5.41) is 2.69. The van der Waals surface area contributed by atoms with E-state index < -0.39 is 36.8 Å². The van der Waals surface area contributed by atoms with Gasteiger partial charge < -0.3 is 33.7 Å². The lowest BCUT2D eigenvalue weighted by atomic mass is 9.80. The van der Waals surface area contributed by atoms with Crippen LogP contribution in [0, 0.1) is 11.8 Å². The number of hydrogen-bond acceptors (Lipinski definition) is 10. The van der Waals surface area contributed by atoms with Crippen LogP contribution in [0.2, 0.25) is 0 Å². The molecule has 0 radical (unpaired) electrons. The Morgan fingerprint density at radius 1 is 1.00 bits per heavy atom. The second kappa shape index (κ2) is 17.9. The summed E-state index contributed by atoms with van der Waals surface area (Å²) >= 11 is 0. The molecule has 1 amide bonds. The molecule has 4 atom stereocenters. The number of hydrogen-bond donors (Lipinski definition) is 1. The summed E-state index contributed by atoms with van der Waals surface area (Å²) < 4.78 is 33.1. The topological polar surface area (TPSA) is 132 Å². The van der Waals surface area contributed by atoms with Gasteiger partial charge in [-0.25, -0.2) is 14.6 Å². The Bertz CT molecular complexity index is 1400. The number of benzene rings is 2. The Morgan fingerprint density at radius 2 is 1.72 bits per heavy atom. The van der Waals surface area contributed by atoms with Crippen molar-refractivity contribution in [1.82, 2.24) is 10.3 Å². The largest absolute Gasteiger partial charge is 0.493 e. The molecule has 11 heteroatoms. The number of pyridine rings is 1. The molecule has 0 unspecified atom stereocenters. The lowest BCUT2D eigenvalue weighted by Gasteiger charge is -2.31. The van der Waals surface area contributed by atoms with E-state index in [-0.39, 0.29) is 42.2 Å². The van der Waals surface area contributed by atoms with Crippen LogP contribution in [0.4, 0.5) is 0 Å². The number of methoxy groups -OCH3 is 1. The Morgan fingerprint density at radius 3 is 2.41 bits per heavy atom. The molecule has 0 bridgehead atoms. The summed E-state index contributed by atoms with van der Waals surface area (Å²) in [6, 6.07) is 20.8. The van der Waals surface area contributed by atoms with E-state index in [1.54, 1.807) is 6.92 Å². The van der Waals surface area contributed by atoms with Crippen LogP contribution in [0.1, 0.15) is 41.9 Å². The molecular formula is C35H42N2O9. The Labute approximate surface area is 269 Å². The summed E-state index contributed by atoms with van der Waals surface area (Å²) in [6.07, 6.45) is 3.30. The number of nitrogens with zero attached hydrogens (tertiary/aromatic N) is 1. The fourth-order valence-corrected chi connectivity index (χ4v) is 5.44. The average molecular weight is 635 g/mol. The smallest absolute Gasteiger partial charge is 0.334 e. The zero-order valence-corrected chi connectivity index (χ0v) is 26.5. The first-order chi connectivity index (χ1) is 22.4. The highest BCUT2D eigenvalue weighted by Crippen LogP contribution is 2.31. The number of esters is 2. The van der Waals surface area contributed by atoms with E-state index in [4.69, 9.17) is 28.4 Å². The molecule has 1 saturated heterocycles. The highest BCUT2D eigenvalue weighted by molar-refractivity contribution is 5.98. The Hall–Kier alpha value is -4.48. The van der Waals surface area contributed by atoms with Gasteiger partial charge in [0.1, 0.15) is 12.7 Å². The minimum absolute atomic E-state index is 0.00399. The van der Waals surface area contributed by atoms with Crippen LogP contribution in [0.3, 0.4) is 0 Å². The maximum absolute atomic E-state index is 13.5. The van der Waals surface area contributed by atoms with Crippen molar-refractivity contribution >= 4 is 17.8 Å². The Balaban J connectivity index is 1.48. The molecule has 4 rings (SSSR count). The van der Waals surface area contributed by atoms with E-state index in [0.29, 0.717) is 13.2 Å². The number of carbonyl (C=O) groups is 3. The van der Waals surface area contributed by atoms with Crippen LogP contribution in [-0.2, 0) is 41.4 Å². The van der Waals surface area contributed by atoms with Gasteiger partial charge in [-0.2, -0.15) is 0 Å². The van der Waals surface area contributed by atoms with E-state index in [1.807, 2.05) is 43.3 Å². The SMILES string of the molecule is CCOCC(=O)OCOc1c(OC)ccnc1C(=O)N[C@H]1COC[C@H](Cc2ccccc2)[C@@H](CCc2ccccc2)[C@H](C)OC1=O. The maximum Gasteiger partial charge on any atom is 0.334 e. The second-order valence-electron chi connectivity index (χ2n) is 11.0. The molecule has 1 aliphatic heterocycles. The lowest BCUT2D eigenvalue weighted by Crippen LogP contribution is -2.46. The van der Waals surface area contributed by atoms with Gasteiger partial charge in [0.15, 0.2) is 23.2 Å². The van der Waals surface area contributed by atoms with Crippen LogP contribution in [0.5, 0.6) is 11.5 Å². The number of rotatable bonds is 14. The van der Waals surface area contributed by atoms with Gasteiger partial charge in [0, 0.05) is 24.8 Å². The zero-order chi connectivity index (χ0) is 32.7. The third-order valence-electron chi connectivity index (χ3n) is 7.82. The molecule has 1 fully saturated rings. The number of nitrogens with one attached hydrogen (secondary N) is 1. The molecule has 3 aromatic rings. The van der Waals surface area contributed by atoms with Crippen molar-refractivity contribution in [1.29, 1.82) is 0 Å². The van der Waals surface area contributed by atoms with Crippen molar-refractivity contribution in [3.63, 3.8) is 0 Å². The van der Waals surface area contributed by atoms with Gasteiger partial charge in [0.2, 0.25) is 6.79 Å². The first kappa shape index (κ1) is 34.4. The third-order valence-corrected chi connectivity index (χ3v) is 7.82. The number of carbonyl (C=O) groups excluding carboxylic acids is 3. The molecule has 0 saturated carbocycles. The average Bonchev–Trinajstić information content (AvgIpc) is 3.12. The van der Waals surface area contributed by atoms with Gasteiger partial charge in [-0.1, -0.05) is 60.7 Å². The molecular weight excluding hydrogens is 592 g/mol. The molecule has 1 aliphatic rings. The highest BCUT2D eigenvalue weighted by Gasteiger charge is 2.35. The lowest BCUT2D eigenvalue weighted by molar-refractivity contribution is -0.156. The van der Waals surface area contributed by atoms with Gasteiger partial charge >= 0.3 is 11.9 Å². The van der Waals surface area contributed by atoms with E-state index in [2.05, 4.69) is 34.6 Å². The second-order valence-corrected chi connectivity index (χ2v) is 11.0. The van der Waals surface area contributed by atoms with Gasteiger partial charge in [0.25, 0.3) is 5.91 Å². The number of cyclic esters (lactones) is 1. The van der Waals surface area contributed by atoms with Crippen molar-refractivity contribution in [2.24, 2.45) is 11.8 Å². The molecule has 0 aliphatic carbocycles. The summed E-state index contributed by atoms with van der Waals surface area (Å²) in [4.78, 5) is 42.9. The number of amides is 1. The first-order valence-corrected chi connectivity index (χ1v) is 15.5.